The van der Waals surface area contributed by atoms with Gasteiger partial charge in [0.25, 0.3) is 0 Å². The molecule has 1 unspecified atom stereocenters. The Morgan fingerprint density at radius 1 is 0.893 bits per heavy atom. The number of nitrogens with zero attached hydrogens (tertiary/aromatic N) is 1. The molecule has 1 aliphatic heterocycles. The van der Waals surface area contributed by atoms with Crippen LogP contribution in [0.3, 0.4) is 0 Å². The fourth-order valence-electron chi connectivity index (χ4n) is 7.59. The van der Waals surface area contributed by atoms with Gasteiger partial charge in [0.1, 0.15) is 6.04 Å². The molecular weight excluding hydrogens is 356 g/mol. The van der Waals surface area contributed by atoms with E-state index in [4.69, 9.17) is 0 Å². The third kappa shape index (κ3) is 3.03. The molecule has 6 aliphatic rings. The van der Waals surface area contributed by atoms with Crippen molar-refractivity contribution in [3.63, 3.8) is 0 Å². The van der Waals surface area contributed by atoms with Gasteiger partial charge in [0, 0.05) is 12.6 Å². The summed E-state index contributed by atoms with van der Waals surface area (Å²) >= 11 is 0. The van der Waals surface area contributed by atoms with E-state index in [1.165, 1.54) is 19.3 Å². The Labute approximate surface area is 166 Å². The summed E-state index contributed by atoms with van der Waals surface area (Å²) in [6.45, 7) is 0.696. The highest BCUT2D eigenvalue weighted by atomic mass is 16.4. The molecule has 1 saturated heterocycles. The first-order valence-corrected chi connectivity index (χ1v) is 11.3. The lowest BCUT2D eigenvalue weighted by atomic mass is 9.49. The Morgan fingerprint density at radius 3 is 2.11 bits per heavy atom. The maximum absolute atomic E-state index is 13.7. The number of rotatable bonds is 4. The number of nitrogens with one attached hydrogen (secondary N) is 1. The predicted octanol–water partition coefficient (Wildman–Crippen LogP) is 2.56. The zero-order chi connectivity index (χ0) is 19.5. The molecule has 6 rings (SSSR count). The monoisotopic (exact) mass is 388 g/mol. The number of hydrogen-bond donors (Lipinski definition) is 2. The number of amides is 2. The molecule has 2 N–H and O–H groups in total. The zero-order valence-corrected chi connectivity index (χ0v) is 16.6. The molecule has 0 spiro atoms. The molecule has 0 aromatic rings. The second-order valence-electron chi connectivity index (χ2n) is 10.4. The number of hydrogen-bond acceptors (Lipinski definition) is 3. The number of carboxylic acid groups (broad SMARTS) is 1. The number of aliphatic carboxylic acids is 1. The van der Waals surface area contributed by atoms with Crippen LogP contribution in [-0.2, 0) is 14.4 Å². The first-order chi connectivity index (χ1) is 13.4. The SMILES string of the molecule is O=C(N[C@H]1CC[C@@H](C(=O)O)C1)C1CCCN1C(=O)C12CC3CC(CC(C3)C1)C2. The fourth-order valence-corrected chi connectivity index (χ4v) is 7.59. The first-order valence-electron chi connectivity index (χ1n) is 11.3. The van der Waals surface area contributed by atoms with Gasteiger partial charge in [-0.3, -0.25) is 14.4 Å². The summed E-state index contributed by atoms with van der Waals surface area (Å²) in [5.41, 5.74) is -0.195. The van der Waals surface area contributed by atoms with Crippen molar-refractivity contribution >= 4 is 17.8 Å². The maximum atomic E-state index is 13.7. The van der Waals surface area contributed by atoms with Gasteiger partial charge < -0.3 is 15.3 Å². The van der Waals surface area contributed by atoms with E-state index in [0.717, 1.165) is 56.3 Å². The summed E-state index contributed by atoms with van der Waals surface area (Å²) in [5, 5.41) is 12.2. The molecule has 0 aromatic heterocycles. The van der Waals surface area contributed by atoms with Crippen LogP contribution in [0.5, 0.6) is 0 Å². The van der Waals surface area contributed by atoms with Crippen LogP contribution in [0.1, 0.15) is 70.6 Å². The van der Waals surface area contributed by atoms with E-state index in [0.29, 0.717) is 19.4 Å². The van der Waals surface area contributed by atoms with Crippen LogP contribution in [0, 0.1) is 29.1 Å². The van der Waals surface area contributed by atoms with Gasteiger partial charge in [-0.05, 0) is 88.4 Å². The number of carbonyl (C=O) groups is 3. The van der Waals surface area contributed by atoms with Gasteiger partial charge in [0.05, 0.1) is 11.3 Å². The highest BCUT2D eigenvalue weighted by Gasteiger charge is 2.56. The van der Waals surface area contributed by atoms with Crippen molar-refractivity contribution in [1.82, 2.24) is 10.2 Å². The molecule has 154 valence electrons. The van der Waals surface area contributed by atoms with Crippen LogP contribution in [0.25, 0.3) is 0 Å². The van der Waals surface area contributed by atoms with E-state index >= 15 is 0 Å². The van der Waals surface area contributed by atoms with Gasteiger partial charge in [0.15, 0.2) is 0 Å². The standard InChI is InChI=1S/C22H32N2O4/c25-19(23-17-4-3-16(9-17)20(26)27)18-2-1-5-24(18)21(28)22-10-13-6-14(11-22)8-15(7-13)12-22/h13-18H,1-12H2,(H,23,25)(H,26,27)/t13?,14?,15?,16-,17+,18?,22?/m1/s1. The molecule has 0 aromatic carbocycles. The van der Waals surface area contributed by atoms with Crippen LogP contribution in [0.4, 0.5) is 0 Å². The van der Waals surface area contributed by atoms with Crippen LogP contribution < -0.4 is 5.32 Å². The van der Waals surface area contributed by atoms with Crippen molar-refractivity contribution in [2.45, 2.75) is 82.7 Å². The largest absolute Gasteiger partial charge is 0.481 e. The minimum atomic E-state index is -0.767. The third-order valence-electron chi connectivity index (χ3n) is 8.44. The van der Waals surface area contributed by atoms with Crippen molar-refractivity contribution in [2.24, 2.45) is 29.1 Å². The molecule has 1 heterocycles. The third-order valence-corrected chi connectivity index (χ3v) is 8.44. The molecule has 2 amide bonds. The Bertz CT molecular complexity index is 655. The van der Waals surface area contributed by atoms with E-state index in [-0.39, 0.29) is 35.2 Å². The number of likely N-dealkylation sites (tertiary alicyclic amines) is 1. The summed E-state index contributed by atoms with van der Waals surface area (Å²) in [5.74, 6) is 1.23. The average molecular weight is 389 g/mol. The number of carbonyl (C=O) groups excluding carboxylic acids is 2. The summed E-state index contributed by atoms with van der Waals surface area (Å²) in [7, 11) is 0. The van der Waals surface area contributed by atoms with Crippen molar-refractivity contribution in [3.05, 3.63) is 0 Å². The highest BCUT2D eigenvalue weighted by Crippen LogP contribution is 2.60. The van der Waals surface area contributed by atoms with E-state index in [9.17, 15) is 19.5 Å². The quantitative estimate of drug-likeness (QED) is 0.775. The molecule has 5 saturated carbocycles. The molecule has 6 fully saturated rings. The van der Waals surface area contributed by atoms with Crippen molar-refractivity contribution < 1.29 is 19.5 Å². The first kappa shape index (κ1) is 18.4. The molecule has 5 aliphatic carbocycles. The van der Waals surface area contributed by atoms with E-state index < -0.39 is 5.97 Å². The van der Waals surface area contributed by atoms with Crippen LogP contribution in [0.2, 0.25) is 0 Å². The Kier molecular flexibility index (Phi) is 4.44. The fraction of sp³-hybridized carbons (Fsp3) is 0.864. The smallest absolute Gasteiger partial charge is 0.306 e. The minimum absolute atomic E-state index is 0.0633. The molecule has 3 atom stereocenters. The zero-order valence-electron chi connectivity index (χ0n) is 16.6. The van der Waals surface area contributed by atoms with Gasteiger partial charge in [-0.25, -0.2) is 0 Å². The highest BCUT2D eigenvalue weighted by molar-refractivity contribution is 5.91. The predicted molar refractivity (Wildman–Crippen MR) is 102 cm³/mol. The summed E-state index contributed by atoms with van der Waals surface area (Å²) in [4.78, 5) is 39.7. The van der Waals surface area contributed by atoms with Crippen LogP contribution in [-0.4, -0.2) is 46.4 Å². The van der Waals surface area contributed by atoms with Gasteiger partial charge in [-0.2, -0.15) is 0 Å². The second-order valence-corrected chi connectivity index (χ2v) is 10.4. The maximum Gasteiger partial charge on any atom is 0.306 e. The molecule has 6 nitrogen and oxygen atoms in total. The van der Waals surface area contributed by atoms with Gasteiger partial charge in [0.2, 0.25) is 11.8 Å². The van der Waals surface area contributed by atoms with E-state index in [2.05, 4.69) is 5.32 Å². The molecular formula is C22H32N2O4. The van der Waals surface area contributed by atoms with Crippen molar-refractivity contribution in [1.29, 1.82) is 0 Å². The van der Waals surface area contributed by atoms with E-state index in [1.54, 1.807) is 0 Å². The minimum Gasteiger partial charge on any atom is -0.481 e. The van der Waals surface area contributed by atoms with Crippen molar-refractivity contribution in [2.75, 3.05) is 6.54 Å². The molecule has 0 radical (unpaired) electrons. The molecule has 6 heteroatoms. The Balaban J connectivity index is 1.26. The van der Waals surface area contributed by atoms with Crippen molar-refractivity contribution in [3.8, 4) is 0 Å². The van der Waals surface area contributed by atoms with Crippen LogP contribution in [0.15, 0.2) is 0 Å². The summed E-state index contributed by atoms with van der Waals surface area (Å²) in [6.07, 6.45) is 10.5. The molecule has 28 heavy (non-hydrogen) atoms. The van der Waals surface area contributed by atoms with Gasteiger partial charge >= 0.3 is 5.97 Å². The lowest BCUT2D eigenvalue weighted by Gasteiger charge is -2.56. The number of carboxylic acids is 1. The second kappa shape index (κ2) is 6.74. The average Bonchev–Trinajstić information content (AvgIpc) is 3.29. The topological polar surface area (TPSA) is 86.7 Å². The Morgan fingerprint density at radius 2 is 1.54 bits per heavy atom. The normalized spacial score (nSPS) is 44.1. The lowest BCUT2D eigenvalue weighted by molar-refractivity contribution is -0.160. The lowest BCUT2D eigenvalue weighted by Crippen LogP contribution is -2.57. The van der Waals surface area contributed by atoms with E-state index in [1.807, 2.05) is 4.90 Å². The van der Waals surface area contributed by atoms with Gasteiger partial charge in [-0.1, -0.05) is 0 Å². The Hall–Kier alpha value is -1.59. The summed E-state index contributed by atoms with van der Waals surface area (Å²) in [6, 6.07) is -0.421. The van der Waals surface area contributed by atoms with Gasteiger partial charge in [-0.15, -0.1) is 0 Å². The molecule has 4 bridgehead atoms. The summed E-state index contributed by atoms with van der Waals surface area (Å²) < 4.78 is 0. The van der Waals surface area contributed by atoms with Crippen LogP contribution >= 0.6 is 0 Å².